The average molecular weight is 669 g/mol. The molecule has 0 bridgehead atoms. The molecule has 40 heavy (non-hydrogen) atoms. The highest BCUT2D eigenvalue weighted by Crippen LogP contribution is 2.26. The van der Waals surface area contributed by atoms with Gasteiger partial charge in [0.05, 0.1) is 22.0 Å². The number of rotatable bonds is 10. The van der Waals surface area contributed by atoms with Gasteiger partial charge in [-0.3, -0.25) is 13.9 Å². The number of anilines is 1. The molecule has 0 fully saturated rings. The van der Waals surface area contributed by atoms with Crippen molar-refractivity contribution < 1.29 is 18.0 Å². The van der Waals surface area contributed by atoms with Crippen molar-refractivity contribution in [3.8, 4) is 0 Å². The number of amides is 2. The number of sulfonamides is 1. The Morgan fingerprint density at radius 2 is 1.55 bits per heavy atom. The molecule has 2 amide bonds. The number of hydrogen-bond donors (Lipinski definition) is 1. The van der Waals surface area contributed by atoms with Crippen molar-refractivity contribution in [3.63, 3.8) is 0 Å². The highest BCUT2D eigenvalue weighted by Gasteiger charge is 2.34. The first-order chi connectivity index (χ1) is 18.6. The predicted molar refractivity (Wildman–Crippen MR) is 165 cm³/mol. The third-order valence-corrected chi connectivity index (χ3v) is 8.31. The monoisotopic (exact) mass is 667 g/mol. The summed E-state index contributed by atoms with van der Waals surface area (Å²) in [5.41, 5.74) is 1.24. The molecular formula is C29H32BrCl2N3O4S. The summed E-state index contributed by atoms with van der Waals surface area (Å²) in [6, 6.07) is 20.0. The Hall–Kier alpha value is -2.59. The van der Waals surface area contributed by atoms with Crippen LogP contribution in [-0.4, -0.2) is 49.5 Å². The molecule has 7 nitrogen and oxygen atoms in total. The summed E-state index contributed by atoms with van der Waals surface area (Å²) in [5, 5.41) is 3.64. The van der Waals surface area contributed by atoms with Crippen molar-refractivity contribution in [2.45, 2.75) is 45.3 Å². The number of halogens is 3. The maximum Gasteiger partial charge on any atom is 0.244 e. The van der Waals surface area contributed by atoms with E-state index in [1.807, 2.05) is 51.1 Å². The van der Waals surface area contributed by atoms with E-state index in [1.54, 1.807) is 42.5 Å². The Kier molecular flexibility index (Phi) is 10.7. The highest BCUT2D eigenvalue weighted by atomic mass is 79.9. The van der Waals surface area contributed by atoms with Crippen LogP contribution in [0.5, 0.6) is 0 Å². The number of carbonyl (C=O) groups is 2. The van der Waals surface area contributed by atoms with Gasteiger partial charge < -0.3 is 10.2 Å². The third-order valence-electron chi connectivity index (χ3n) is 5.90. The minimum atomic E-state index is -3.85. The summed E-state index contributed by atoms with van der Waals surface area (Å²) in [5.74, 6) is -0.913. The minimum Gasteiger partial charge on any atom is -0.350 e. The maximum atomic E-state index is 14.1. The predicted octanol–water partition coefficient (Wildman–Crippen LogP) is 6.08. The van der Waals surface area contributed by atoms with Crippen LogP contribution in [0.1, 0.15) is 31.9 Å². The molecule has 3 aromatic carbocycles. The van der Waals surface area contributed by atoms with Crippen molar-refractivity contribution in [2.75, 3.05) is 17.1 Å². The first-order valence-electron chi connectivity index (χ1n) is 12.5. The number of hydrogen-bond acceptors (Lipinski definition) is 4. The van der Waals surface area contributed by atoms with E-state index in [0.29, 0.717) is 21.3 Å². The summed E-state index contributed by atoms with van der Waals surface area (Å²) in [4.78, 5) is 29.2. The van der Waals surface area contributed by atoms with E-state index in [0.717, 1.165) is 20.6 Å². The van der Waals surface area contributed by atoms with Gasteiger partial charge in [-0.1, -0.05) is 75.5 Å². The second-order valence-corrected chi connectivity index (χ2v) is 14.1. The molecule has 3 rings (SSSR count). The van der Waals surface area contributed by atoms with Crippen LogP contribution in [0.2, 0.25) is 10.0 Å². The molecule has 0 aliphatic heterocycles. The van der Waals surface area contributed by atoms with E-state index in [2.05, 4.69) is 21.2 Å². The van der Waals surface area contributed by atoms with E-state index in [9.17, 15) is 18.0 Å². The third kappa shape index (κ3) is 9.23. The molecule has 0 radical (unpaired) electrons. The molecule has 0 saturated heterocycles. The summed E-state index contributed by atoms with van der Waals surface area (Å²) >= 11 is 15.7. The standard InChI is InChI=1S/C29H32BrCl2N3O4S/c1-29(2,3)33-28(37)26(17-20-8-6-5-7-9-20)34(18-21-10-15-24(31)25(32)16-21)27(36)19-35(40(4,38)39)23-13-11-22(30)12-14-23/h5-16,26H,17-19H2,1-4H3,(H,33,37). The van der Waals surface area contributed by atoms with Crippen LogP contribution in [0.25, 0.3) is 0 Å². The second-order valence-electron chi connectivity index (χ2n) is 10.5. The lowest BCUT2D eigenvalue weighted by Crippen LogP contribution is -2.56. The van der Waals surface area contributed by atoms with Gasteiger partial charge >= 0.3 is 0 Å². The fourth-order valence-electron chi connectivity index (χ4n) is 4.06. The van der Waals surface area contributed by atoms with E-state index < -0.39 is 34.1 Å². The van der Waals surface area contributed by atoms with Gasteiger partial charge in [0, 0.05) is 23.0 Å². The molecule has 0 aliphatic rings. The van der Waals surface area contributed by atoms with Crippen LogP contribution in [-0.2, 0) is 32.6 Å². The van der Waals surface area contributed by atoms with Gasteiger partial charge in [-0.2, -0.15) is 0 Å². The fraction of sp³-hybridized carbons (Fsp3) is 0.310. The molecule has 0 saturated carbocycles. The minimum absolute atomic E-state index is 0.00270. The maximum absolute atomic E-state index is 14.1. The van der Waals surface area contributed by atoms with Crippen molar-refractivity contribution in [2.24, 2.45) is 0 Å². The van der Waals surface area contributed by atoms with Crippen molar-refractivity contribution in [1.29, 1.82) is 0 Å². The van der Waals surface area contributed by atoms with Crippen LogP contribution < -0.4 is 9.62 Å². The molecule has 1 atom stereocenters. The molecule has 1 N–H and O–H groups in total. The Balaban J connectivity index is 2.08. The molecule has 3 aromatic rings. The van der Waals surface area contributed by atoms with E-state index in [-0.39, 0.29) is 18.9 Å². The zero-order chi connectivity index (χ0) is 29.7. The lowest BCUT2D eigenvalue weighted by atomic mass is 10.0. The van der Waals surface area contributed by atoms with Crippen LogP contribution in [0, 0.1) is 0 Å². The van der Waals surface area contributed by atoms with Gasteiger partial charge in [0.15, 0.2) is 0 Å². The topological polar surface area (TPSA) is 86.8 Å². The van der Waals surface area contributed by atoms with Gasteiger partial charge in [0.1, 0.15) is 12.6 Å². The van der Waals surface area contributed by atoms with Gasteiger partial charge in [0.25, 0.3) is 0 Å². The highest BCUT2D eigenvalue weighted by molar-refractivity contribution is 9.10. The van der Waals surface area contributed by atoms with E-state index in [4.69, 9.17) is 23.2 Å². The SMILES string of the molecule is CC(C)(C)NC(=O)C(Cc1ccccc1)N(Cc1ccc(Cl)c(Cl)c1)C(=O)CN(c1ccc(Br)cc1)S(C)(=O)=O. The Morgan fingerprint density at radius 1 is 0.925 bits per heavy atom. The Bertz CT molecular complexity index is 1450. The van der Waals surface area contributed by atoms with Crippen molar-refractivity contribution in [3.05, 3.63) is 98.4 Å². The Morgan fingerprint density at radius 3 is 2.10 bits per heavy atom. The Labute approximate surface area is 254 Å². The lowest BCUT2D eigenvalue weighted by Gasteiger charge is -2.35. The zero-order valence-electron chi connectivity index (χ0n) is 22.7. The first kappa shape index (κ1) is 31.9. The number of nitrogens with one attached hydrogen (secondary N) is 1. The van der Waals surface area contributed by atoms with E-state index in [1.165, 1.54) is 4.90 Å². The van der Waals surface area contributed by atoms with Gasteiger partial charge in [0.2, 0.25) is 21.8 Å². The molecular weight excluding hydrogens is 637 g/mol. The smallest absolute Gasteiger partial charge is 0.244 e. The average Bonchev–Trinajstić information content (AvgIpc) is 2.86. The second kappa shape index (κ2) is 13.4. The molecule has 0 aromatic heterocycles. The molecule has 1 unspecified atom stereocenters. The molecule has 11 heteroatoms. The summed E-state index contributed by atoms with van der Waals surface area (Å²) in [6.45, 7) is 5.07. The van der Waals surface area contributed by atoms with Crippen LogP contribution >= 0.6 is 39.1 Å². The summed E-state index contributed by atoms with van der Waals surface area (Å²) in [6.07, 6.45) is 1.26. The van der Waals surface area contributed by atoms with Gasteiger partial charge in [-0.05, 0) is 68.3 Å². The molecule has 0 spiro atoms. The molecule has 214 valence electrons. The number of carbonyl (C=O) groups excluding carboxylic acids is 2. The largest absolute Gasteiger partial charge is 0.350 e. The quantitative estimate of drug-likeness (QED) is 0.284. The van der Waals surface area contributed by atoms with Crippen LogP contribution in [0.3, 0.4) is 0 Å². The van der Waals surface area contributed by atoms with Crippen LogP contribution in [0.4, 0.5) is 5.69 Å². The van der Waals surface area contributed by atoms with Crippen molar-refractivity contribution in [1.82, 2.24) is 10.2 Å². The molecule has 0 aliphatic carbocycles. The lowest BCUT2D eigenvalue weighted by molar-refractivity contribution is -0.140. The number of benzene rings is 3. The van der Waals surface area contributed by atoms with Gasteiger partial charge in [-0.15, -0.1) is 0 Å². The van der Waals surface area contributed by atoms with E-state index >= 15 is 0 Å². The zero-order valence-corrected chi connectivity index (χ0v) is 26.6. The first-order valence-corrected chi connectivity index (χ1v) is 15.9. The normalized spacial score (nSPS) is 12.5. The summed E-state index contributed by atoms with van der Waals surface area (Å²) in [7, 11) is -3.85. The van der Waals surface area contributed by atoms with Crippen molar-refractivity contribution >= 4 is 66.7 Å². The molecule has 0 heterocycles. The summed E-state index contributed by atoms with van der Waals surface area (Å²) < 4.78 is 27.5. The number of nitrogens with zero attached hydrogens (tertiary/aromatic N) is 2. The van der Waals surface area contributed by atoms with Crippen LogP contribution in [0.15, 0.2) is 77.3 Å². The van der Waals surface area contributed by atoms with Gasteiger partial charge in [-0.25, -0.2) is 8.42 Å². The fourth-order valence-corrected chi connectivity index (χ4v) is 5.50.